The minimum atomic E-state index is -0.837. The van der Waals surface area contributed by atoms with Gasteiger partial charge in [0.1, 0.15) is 11.2 Å². The molecule has 0 aromatic heterocycles. The molecule has 7 heteroatoms. The van der Waals surface area contributed by atoms with E-state index in [1.54, 1.807) is 12.1 Å². The first-order chi connectivity index (χ1) is 12.9. The van der Waals surface area contributed by atoms with Crippen LogP contribution >= 0.6 is 0 Å². The van der Waals surface area contributed by atoms with Gasteiger partial charge in [0.25, 0.3) is 0 Å². The molecule has 0 spiro atoms. The molecular weight excluding hydrogens is 347 g/mol. The molecule has 27 heavy (non-hydrogen) atoms. The summed E-state index contributed by atoms with van der Waals surface area (Å²) in [5, 5.41) is 2.94. The fourth-order valence-electron chi connectivity index (χ4n) is 3.55. The van der Waals surface area contributed by atoms with E-state index in [4.69, 9.17) is 0 Å². The van der Waals surface area contributed by atoms with Gasteiger partial charge in [-0.1, -0.05) is 0 Å². The number of rotatable bonds is 7. The van der Waals surface area contributed by atoms with Crippen LogP contribution in [-0.4, -0.2) is 75.0 Å². The van der Waals surface area contributed by atoms with Gasteiger partial charge >= 0.3 is 0 Å². The Kier molecular flexibility index (Phi) is 5.99. The van der Waals surface area contributed by atoms with Crippen LogP contribution in [0.3, 0.4) is 0 Å². The van der Waals surface area contributed by atoms with Crippen LogP contribution in [0.5, 0.6) is 0 Å². The lowest BCUT2D eigenvalue weighted by atomic mass is 10.0. The normalized spacial score (nSPS) is 18.5. The van der Waals surface area contributed by atoms with E-state index < -0.39 is 5.41 Å². The van der Waals surface area contributed by atoms with Crippen LogP contribution in [0, 0.1) is 11.2 Å². The largest absolute Gasteiger partial charge is 0.368 e. The summed E-state index contributed by atoms with van der Waals surface area (Å²) in [6, 6.07) is 6.42. The summed E-state index contributed by atoms with van der Waals surface area (Å²) in [6.07, 6.45) is 2.16. The van der Waals surface area contributed by atoms with Crippen molar-refractivity contribution in [3.8, 4) is 0 Å². The third-order valence-corrected chi connectivity index (χ3v) is 5.42. The molecular formula is C20H29FN4O2. The molecule has 1 saturated heterocycles. The molecule has 1 aromatic carbocycles. The summed E-state index contributed by atoms with van der Waals surface area (Å²) in [6.45, 7) is 4.07. The Balaban J connectivity index is 1.49. The van der Waals surface area contributed by atoms with Gasteiger partial charge in [0, 0.05) is 38.4 Å². The van der Waals surface area contributed by atoms with Crippen LogP contribution in [0.25, 0.3) is 0 Å². The fraction of sp³-hybridized carbons (Fsp3) is 0.600. The SMILES string of the molecule is CN(C)CCCNC(=O)C1(C(=O)N2CCN(c3ccc(F)cc3)CC2)CC1. The molecule has 148 valence electrons. The third kappa shape index (κ3) is 4.58. The van der Waals surface area contributed by atoms with Crippen molar-refractivity contribution in [2.75, 3.05) is 58.3 Å². The third-order valence-electron chi connectivity index (χ3n) is 5.42. The average Bonchev–Trinajstić information content (AvgIpc) is 3.47. The molecule has 0 bridgehead atoms. The Morgan fingerprint density at radius 1 is 1.11 bits per heavy atom. The molecule has 1 aliphatic heterocycles. The molecule has 1 N–H and O–H groups in total. The number of anilines is 1. The lowest BCUT2D eigenvalue weighted by Crippen LogP contribution is -2.53. The number of hydrogen-bond acceptors (Lipinski definition) is 4. The first kappa shape index (κ1) is 19.6. The molecule has 2 amide bonds. The van der Waals surface area contributed by atoms with Crippen molar-refractivity contribution >= 4 is 17.5 Å². The van der Waals surface area contributed by atoms with Crippen molar-refractivity contribution in [1.82, 2.24) is 15.1 Å². The second kappa shape index (κ2) is 8.25. The lowest BCUT2D eigenvalue weighted by Gasteiger charge is -2.37. The number of halogens is 1. The monoisotopic (exact) mass is 376 g/mol. The topological polar surface area (TPSA) is 55.9 Å². The summed E-state index contributed by atoms with van der Waals surface area (Å²) in [5.74, 6) is -0.404. The first-order valence-corrected chi connectivity index (χ1v) is 9.65. The molecule has 1 heterocycles. The maximum Gasteiger partial charge on any atom is 0.238 e. The highest BCUT2D eigenvalue weighted by molar-refractivity contribution is 6.07. The van der Waals surface area contributed by atoms with Gasteiger partial charge in [-0.25, -0.2) is 4.39 Å². The smallest absolute Gasteiger partial charge is 0.238 e. The molecule has 0 atom stereocenters. The quantitative estimate of drug-likeness (QED) is 0.576. The van der Waals surface area contributed by atoms with Gasteiger partial charge in [0.05, 0.1) is 0 Å². The zero-order chi connectivity index (χ0) is 19.4. The van der Waals surface area contributed by atoms with Gasteiger partial charge in [0.2, 0.25) is 11.8 Å². The number of nitrogens with one attached hydrogen (secondary N) is 1. The minimum absolute atomic E-state index is 0.0358. The number of carbonyl (C=O) groups is 2. The Labute approximate surface area is 160 Å². The standard InChI is InChI=1S/C20H29FN4O2/c1-23(2)11-3-10-22-18(26)20(8-9-20)19(27)25-14-12-24(13-15-25)17-6-4-16(21)5-7-17/h4-7H,3,8-15H2,1-2H3,(H,22,26). The van der Waals surface area contributed by atoms with Gasteiger partial charge in [-0.3, -0.25) is 9.59 Å². The lowest BCUT2D eigenvalue weighted by molar-refractivity contribution is -0.144. The van der Waals surface area contributed by atoms with Crippen LogP contribution in [0.2, 0.25) is 0 Å². The van der Waals surface area contributed by atoms with Gasteiger partial charge < -0.3 is 20.0 Å². The second-order valence-corrected chi connectivity index (χ2v) is 7.75. The van der Waals surface area contributed by atoms with E-state index in [1.807, 2.05) is 19.0 Å². The van der Waals surface area contributed by atoms with Crippen LogP contribution in [0.4, 0.5) is 10.1 Å². The number of nitrogens with zero attached hydrogens (tertiary/aromatic N) is 3. The van der Waals surface area contributed by atoms with E-state index >= 15 is 0 Å². The highest BCUT2D eigenvalue weighted by Crippen LogP contribution is 2.47. The number of benzene rings is 1. The molecule has 0 radical (unpaired) electrons. The Bertz CT molecular complexity index is 665. The molecule has 6 nitrogen and oxygen atoms in total. The first-order valence-electron chi connectivity index (χ1n) is 9.65. The zero-order valence-corrected chi connectivity index (χ0v) is 16.2. The van der Waals surface area contributed by atoms with Gasteiger partial charge in [-0.15, -0.1) is 0 Å². The van der Waals surface area contributed by atoms with E-state index in [0.717, 1.165) is 18.7 Å². The van der Waals surface area contributed by atoms with Gasteiger partial charge in [0.15, 0.2) is 0 Å². The van der Waals surface area contributed by atoms with E-state index in [2.05, 4.69) is 15.1 Å². The zero-order valence-electron chi connectivity index (χ0n) is 16.2. The molecule has 0 unspecified atom stereocenters. The van der Waals surface area contributed by atoms with Crippen LogP contribution in [0.1, 0.15) is 19.3 Å². The van der Waals surface area contributed by atoms with Gasteiger partial charge in [-0.05, 0) is 64.2 Å². The van der Waals surface area contributed by atoms with Crippen LogP contribution < -0.4 is 10.2 Å². The van der Waals surface area contributed by atoms with E-state index in [9.17, 15) is 14.0 Å². The van der Waals surface area contributed by atoms with Crippen molar-refractivity contribution < 1.29 is 14.0 Å². The van der Waals surface area contributed by atoms with Crippen molar-refractivity contribution in [2.24, 2.45) is 5.41 Å². The summed E-state index contributed by atoms with van der Waals surface area (Å²) in [5.41, 5.74) is 0.124. The van der Waals surface area contributed by atoms with E-state index in [-0.39, 0.29) is 17.6 Å². The highest BCUT2D eigenvalue weighted by Gasteiger charge is 2.58. The Hall–Kier alpha value is -2.15. The van der Waals surface area contributed by atoms with E-state index in [1.165, 1.54) is 12.1 Å². The average molecular weight is 376 g/mol. The Morgan fingerprint density at radius 3 is 2.30 bits per heavy atom. The van der Waals surface area contributed by atoms with Crippen molar-refractivity contribution in [2.45, 2.75) is 19.3 Å². The maximum absolute atomic E-state index is 13.1. The summed E-state index contributed by atoms with van der Waals surface area (Å²) in [4.78, 5) is 31.5. The summed E-state index contributed by atoms with van der Waals surface area (Å²) < 4.78 is 13.1. The minimum Gasteiger partial charge on any atom is -0.368 e. The maximum atomic E-state index is 13.1. The molecule has 2 aliphatic rings. The molecule has 1 aromatic rings. The Morgan fingerprint density at radius 2 is 1.74 bits per heavy atom. The predicted molar refractivity (Wildman–Crippen MR) is 103 cm³/mol. The fourth-order valence-corrected chi connectivity index (χ4v) is 3.55. The van der Waals surface area contributed by atoms with Crippen molar-refractivity contribution in [3.05, 3.63) is 30.1 Å². The number of amides is 2. The van der Waals surface area contributed by atoms with Crippen LogP contribution in [-0.2, 0) is 9.59 Å². The molecule has 1 saturated carbocycles. The number of hydrogen-bond donors (Lipinski definition) is 1. The molecule has 1 aliphatic carbocycles. The second-order valence-electron chi connectivity index (χ2n) is 7.75. The number of piperazine rings is 1. The highest BCUT2D eigenvalue weighted by atomic mass is 19.1. The van der Waals surface area contributed by atoms with Crippen LogP contribution in [0.15, 0.2) is 24.3 Å². The number of carbonyl (C=O) groups excluding carboxylic acids is 2. The van der Waals surface area contributed by atoms with Gasteiger partial charge in [-0.2, -0.15) is 0 Å². The summed E-state index contributed by atoms with van der Waals surface area (Å²) in [7, 11) is 4.00. The predicted octanol–water partition coefficient (Wildman–Crippen LogP) is 1.32. The van der Waals surface area contributed by atoms with Crippen molar-refractivity contribution in [1.29, 1.82) is 0 Å². The molecule has 3 rings (SSSR count). The van der Waals surface area contributed by atoms with Crippen molar-refractivity contribution in [3.63, 3.8) is 0 Å². The van der Waals surface area contributed by atoms with E-state index in [0.29, 0.717) is 45.6 Å². The summed E-state index contributed by atoms with van der Waals surface area (Å²) >= 11 is 0. The molecule has 2 fully saturated rings.